The highest BCUT2D eigenvalue weighted by Crippen LogP contribution is 2.27. The van der Waals surface area contributed by atoms with Gasteiger partial charge in [-0.25, -0.2) is 4.98 Å². The minimum absolute atomic E-state index is 0.0172. The van der Waals surface area contributed by atoms with Gasteiger partial charge in [-0.15, -0.1) is 0 Å². The number of imidazole rings is 1. The van der Waals surface area contributed by atoms with Gasteiger partial charge in [-0.3, -0.25) is 9.59 Å². The summed E-state index contributed by atoms with van der Waals surface area (Å²) in [5.74, 6) is 1.00. The Morgan fingerprint density at radius 2 is 1.50 bits per heavy atom. The molecule has 178 valence electrons. The number of benzene rings is 2. The number of anilines is 1. The van der Waals surface area contributed by atoms with Gasteiger partial charge in [0, 0.05) is 28.8 Å². The summed E-state index contributed by atoms with van der Waals surface area (Å²) < 4.78 is 0. The van der Waals surface area contributed by atoms with E-state index in [2.05, 4.69) is 15.6 Å². The molecule has 2 aliphatic carbocycles. The molecule has 3 N–H and O–H groups in total. The molecule has 0 saturated heterocycles. The zero-order valence-electron chi connectivity index (χ0n) is 19.7. The van der Waals surface area contributed by atoms with Crippen LogP contribution in [0.25, 0.3) is 22.4 Å². The molecule has 6 heteroatoms. The Hall–Kier alpha value is -3.15. The fraction of sp³-hybridized carbons (Fsp3) is 0.464. The van der Waals surface area contributed by atoms with Crippen LogP contribution in [0, 0.1) is 5.92 Å². The van der Waals surface area contributed by atoms with Crippen molar-refractivity contribution in [3.05, 3.63) is 48.0 Å². The SMILES string of the molecule is O=C(NC1CCCCCC1)c1ccc2[nH]c(-c3ccc(NC(=O)C4CCCCC4)cc3)nc2c1. The summed E-state index contributed by atoms with van der Waals surface area (Å²) in [5.41, 5.74) is 4.08. The van der Waals surface area contributed by atoms with Gasteiger partial charge >= 0.3 is 0 Å². The average molecular weight is 459 g/mol. The number of hydrogen-bond acceptors (Lipinski definition) is 3. The summed E-state index contributed by atoms with van der Waals surface area (Å²) >= 11 is 0. The van der Waals surface area contributed by atoms with E-state index in [1.807, 2.05) is 42.5 Å². The molecule has 1 heterocycles. The van der Waals surface area contributed by atoms with E-state index in [4.69, 9.17) is 4.98 Å². The lowest BCUT2D eigenvalue weighted by Crippen LogP contribution is -2.34. The third kappa shape index (κ3) is 5.32. The zero-order chi connectivity index (χ0) is 23.3. The maximum absolute atomic E-state index is 12.8. The van der Waals surface area contributed by atoms with Crippen molar-refractivity contribution in [2.24, 2.45) is 5.92 Å². The van der Waals surface area contributed by atoms with Crippen molar-refractivity contribution in [3.63, 3.8) is 0 Å². The number of fused-ring (bicyclic) bond motifs is 1. The van der Waals surface area contributed by atoms with Crippen LogP contribution >= 0.6 is 0 Å². The Bertz CT molecular complexity index is 1140. The maximum atomic E-state index is 12.8. The Morgan fingerprint density at radius 3 is 2.24 bits per heavy atom. The van der Waals surface area contributed by atoms with Crippen molar-refractivity contribution in [2.75, 3.05) is 5.32 Å². The minimum atomic E-state index is -0.0172. The standard InChI is InChI=1S/C28H34N4O2/c33-27(20-8-4-3-5-9-20)30-23-15-12-19(13-16-23)26-31-24-17-14-21(18-25(24)32-26)28(34)29-22-10-6-1-2-7-11-22/h12-18,20,22H,1-11H2,(H,29,34)(H,30,33)(H,31,32). The van der Waals surface area contributed by atoms with Crippen molar-refractivity contribution in [1.82, 2.24) is 15.3 Å². The van der Waals surface area contributed by atoms with Gasteiger partial charge in [0.25, 0.3) is 5.91 Å². The molecule has 2 aromatic carbocycles. The number of rotatable bonds is 5. The van der Waals surface area contributed by atoms with Gasteiger partial charge in [-0.2, -0.15) is 0 Å². The molecule has 0 unspecified atom stereocenters. The molecule has 2 aliphatic rings. The number of amides is 2. The highest BCUT2D eigenvalue weighted by atomic mass is 16.2. The molecule has 0 aliphatic heterocycles. The molecule has 34 heavy (non-hydrogen) atoms. The monoisotopic (exact) mass is 458 g/mol. The fourth-order valence-electron chi connectivity index (χ4n) is 5.30. The third-order valence-corrected chi connectivity index (χ3v) is 7.34. The van der Waals surface area contributed by atoms with E-state index in [-0.39, 0.29) is 23.8 Å². The van der Waals surface area contributed by atoms with Crippen LogP contribution in [0.3, 0.4) is 0 Å². The van der Waals surface area contributed by atoms with Gasteiger partial charge in [0.05, 0.1) is 11.0 Å². The average Bonchev–Trinajstić information content (AvgIpc) is 3.13. The summed E-state index contributed by atoms with van der Waals surface area (Å²) in [6.45, 7) is 0. The topological polar surface area (TPSA) is 86.9 Å². The smallest absolute Gasteiger partial charge is 0.251 e. The van der Waals surface area contributed by atoms with E-state index in [1.165, 1.54) is 32.1 Å². The fourth-order valence-corrected chi connectivity index (χ4v) is 5.30. The Morgan fingerprint density at radius 1 is 0.824 bits per heavy atom. The lowest BCUT2D eigenvalue weighted by Gasteiger charge is -2.20. The second kappa shape index (κ2) is 10.4. The molecule has 5 rings (SSSR count). The molecule has 0 atom stereocenters. The molecule has 1 aromatic heterocycles. The highest BCUT2D eigenvalue weighted by Gasteiger charge is 2.21. The number of aromatic amines is 1. The Kier molecular flexibility index (Phi) is 6.93. The van der Waals surface area contributed by atoms with Crippen molar-refractivity contribution in [2.45, 2.75) is 76.7 Å². The predicted octanol–water partition coefficient (Wildman–Crippen LogP) is 6.20. The predicted molar refractivity (Wildman–Crippen MR) is 136 cm³/mol. The van der Waals surface area contributed by atoms with Crippen LogP contribution in [0.15, 0.2) is 42.5 Å². The molecular formula is C28H34N4O2. The number of hydrogen-bond donors (Lipinski definition) is 3. The van der Waals surface area contributed by atoms with Gasteiger partial charge in [-0.1, -0.05) is 44.9 Å². The molecule has 6 nitrogen and oxygen atoms in total. The van der Waals surface area contributed by atoms with E-state index in [0.29, 0.717) is 5.56 Å². The van der Waals surface area contributed by atoms with Crippen LogP contribution < -0.4 is 10.6 Å². The summed E-state index contributed by atoms with van der Waals surface area (Å²) in [6.07, 6.45) is 12.6. The number of carbonyl (C=O) groups excluding carboxylic acids is 2. The van der Waals surface area contributed by atoms with Gasteiger partial charge in [-0.05, 0) is 68.1 Å². The van der Waals surface area contributed by atoms with Crippen LogP contribution in [0.4, 0.5) is 5.69 Å². The number of H-pyrrole nitrogens is 1. The van der Waals surface area contributed by atoms with E-state index in [9.17, 15) is 9.59 Å². The van der Waals surface area contributed by atoms with E-state index < -0.39 is 0 Å². The molecule has 0 spiro atoms. The van der Waals surface area contributed by atoms with Gasteiger partial charge in [0.2, 0.25) is 5.91 Å². The molecular weight excluding hydrogens is 424 g/mol. The summed E-state index contributed by atoms with van der Waals surface area (Å²) in [6, 6.07) is 13.7. The molecule has 0 radical (unpaired) electrons. The Balaban J connectivity index is 1.25. The highest BCUT2D eigenvalue weighted by molar-refractivity contribution is 5.98. The van der Waals surface area contributed by atoms with Crippen LogP contribution in [0.2, 0.25) is 0 Å². The minimum Gasteiger partial charge on any atom is -0.349 e. The van der Waals surface area contributed by atoms with E-state index in [0.717, 1.165) is 66.6 Å². The molecule has 0 bridgehead atoms. The van der Waals surface area contributed by atoms with Crippen LogP contribution in [-0.2, 0) is 4.79 Å². The lowest BCUT2D eigenvalue weighted by molar-refractivity contribution is -0.120. The normalized spacial score (nSPS) is 17.9. The summed E-state index contributed by atoms with van der Waals surface area (Å²) in [4.78, 5) is 33.4. The van der Waals surface area contributed by atoms with E-state index in [1.54, 1.807) is 0 Å². The van der Waals surface area contributed by atoms with Gasteiger partial charge in [0.1, 0.15) is 5.82 Å². The zero-order valence-corrected chi connectivity index (χ0v) is 19.7. The summed E-state index contributed by atoms with van der Waals surface area (Å²) in [5, 5.41) is 6.27. The van der Waals surface area contributed by atoms with Crippen molar-refractivity contribution in [3.8, 4) is 11.4 Å². The summed E-state index contributed by atoms with van der Waals surface area (Å²) in [7, 11) is 0. The number of aromatic nitrogens is 2. The first-order chi connectivity index (χ1) is 16.7. The third-order valence-electron chi connectivity index (χ3n) is 7.34. The number of nitrogens with one attached hydrogen (secondary N) is 3. The maximum Gasteiger partial charge on any atom is 0.251 e. The largest absolute Gasteiger partial charge is 0.349 e. The second-order valence-corrected chi connectivity index (χ2v) is 9.88. The van der Waals surface area contributed by atoms with E-state index >= 15 is 0 Å². The number of nitrogens with zero attached hydrogens (tertiary/aromatic N) is 1. The molecule has 2 fully saturated rings. The molecule has 2 amide bonds. The van der Waals surface area contributed by atoms with Gasteiger partial charge < -0.3 is 15.6 Å². The second-order valence-electron chi connectivity index (χ2n) is 9.88. The van der Waals surface area contributed by atoms with Gasteiger partial charge in [0.15, 0.2) is 0 Å². The first-order valence-electron chi connectivity index (χ1n) is 12.9. The number of carbonyl (C=O) groups is 2. The Labute approximate surface area is 200 Å². The quantitative estimate of drug-likeness (QED) is 0.398. The first-order valence-corrected chi connectivity index (χ1v) is 12.9. The van der Waals surface area contributed by atoms with Crippen molar-refractivity contribution < 1.29 is 9.59 Å². The first kappa shape index (κ1) is 22.6. The van der Waals surface area contributed by atoms with Crippen LogP contribution in [-0.4, -0.2) is 27.8 Å². The van der Waals surface area contributed by atoms with Crippen LogP contribution in [0.5, 0.6) is 0 Å². The van der Waals surface area contributed by atoms with Crippen LogP contribution in [0.1, 0.15) is 81.0 Å². The lowest BCUT2D eigenvalue weighted by atomic mass is 9.88. The van der Waals surface area contributed by atoms with Crippen molar-refractivity contribution >= 4 is 28.5 Å². The molecule has 3 aromatic rings. The molecule has 2 saturated carbocycles. The van der Waals surface area contributed by atoms with Crippen molar-refractivity contribution in [1.29, 1.82) is 0 Å².